The highest BCUT2D eigenvalue weighted by Gasteiger charge is 2.14. The topological polar surface area (TPSA) is 89.3 Å². The first-order valence-electron chi connectivity index (χ1n) is 7.86. The molecule has 1 heterocycles. The van der Waals surface area contributed by atoms with E-state index >= 15 is 0 Å². The molecule has 0 spiro atoms. The van der Waals surface area contributed by atoms with E-state index in [9.17, 15) is 0 Å². The first kappa shape index (κ1) is 15.8. The molecule has 1 aliphatic carbocycles. The first-order chi connectivity index (χ1) is 11.2. The molecule has 0 radical (unpaired) electrons. The number of nitrogens with one attached hydrogen (secondary N) is 1. The molecule has 2 aromatic rings. The molecule has 23 heavy (non-hydrogen) atoms. The van der Waals surface area contributed by atoms with Crippen molar-refractivity contribution >= 4 is 17.6 Å². The minimum Gasteiger partial charge on any atom is -0.370 e. The van der Waals surface area contributed by atoms with Crippen molar-refractivity contribution in [3.8, 4) is 11.4 Å². The van der Waals surface area contributed by atoms with Gasteiger partial charge in [0.25, 0.3) is 0 Å². The Hall–Kier alpha value is -2.08. The van der Waals surface area contributed by atoms with Gasteiger partial charge in [0.1, 0.15) is 0 Å². The number of nitrogens with zero attached hydrogens (tertiary/aromatic N) is 3. The maximum Gasteiger partial charge on any atom is 0.228 e. The highest BCUT2D eigenvalue weighted by molar-refractivity contribution is 6.30. The SMILES string of the molecule is NC(=NCCc1nc(-c2cccc(Cl)c2)no1)NC1CCCC1. The van der Waals surface area contributed by atoms with Crippen molar-refractivity contribution in [2.75, 3.05) is 6.54 Å². The summed E-state index contributed by atoms with van der Waals surface area (Å²) in [4.78, 5) is 8.67. The molecular weight excluding hydrogens is 314 g/mol. The van der Waals surface area contributed by atoms with Crippen LogP contribution in [0.5, 0.6) is 0 Å². The summed E-state index contributed by atoms with van der Waals surface area (Å²) in [5.41, 5.74) is 6.72. The lowest BCUT2D eigenvalue weighted by Crippen LogP contribution is -2.38. The molecule has 3 rings (SSSR count). The summed E-state index contributed by atoms with van der Waals surface area (Å²) in [6, 6.07) is 7.82. The summed E-state index contributed by atoms with van der Waals surface area (Å²) < 4.78 is 5.24. The number of benzene rings is 1. The van der Waals surface area contributed by atoms with E-state index in [1.807, 2.05) is 12.1 Å². The second-order valence-corrected chi connectivity index (χ2v) is 6.10. The largest absolute Gasteiger partial charge is 0.370 e. The molecule has 1 saturated carbocycles. The van der Waals surface area contributed by atoms with Crippen LogP contribution < -0.4 is 11.1 Å². The number of aromatic nitrogens is 2. The smallest absolute Gasteiger partial charge is 0.228 e. The van der Waals surface area contributed by atoms with Crippen molar-refractivity contribution in [3.05, 3.63) is 35.2 Å². The van der Waals surface area contributed by atoms with Crippen LogP contribution in [0, 0.1) is 0 Å². The van der Waals surface area contributed by atoms with E-state index in [-0.39, 0.29) is 0 Å². The van der Waals surface area contributed by atoms with Gasteiger partial charge in [0, 0.05) is 23.0 Å². The fourth-order valence-electron chi connectivity index (χ4n) is 2.70. The lowest BCUT2D eigenvalue weighted by molar-refractivity contribution is 0.380. The van der Waals surface area contributed by atoms with Gasteiger partial charge in [0.15, 0.2) is 5.96 Å². The van der Waals surface area contributed by atoms with Gasteiger partial charge in [-0.3, -0.25) is 4.99 Å². The number of aliphatic imine (C=N–C) groups is 1. The molecule has 122 valence electrons. The standard InChI is InChI=1S/C16H20ClN5O/c17-12-5-3-4-11(10-12)15-21-14(23-22-15)8-9-19-16(18)20-13-6-1-2-7-13/h3-5,10,13H,1-2,6-9H2,(H3,18,19,20). The highest BCUT2D eigenvalue weighted by Crippen LogP contribution is 2.20. The molecule has 0 unspecified atom stereocenters. The summed E-state index contributed by atoms with van der Waals surface area (Å²) in [5.74, 6) is 1.56. The Morgan fingerprint density at radius 2 is 2.22 bits per heavy atom. The molecule has 0 amide bonds. The second kappa shape index (κ2) is 7.46. The predicted octanol–water partition coefficient (Wildman–Crippen LogP) is 2.78. The molecule has 1 aromatic heterocycles. The van der Waals surface area contributed by atoms with Crippen molar-refractivity contribution in [2.24, 2.45) is 10.7 Å². The summed E-state index contributed by atoms with van der Waals surface area (Å²) >= 11 is 5.96. The van der Waals surface area contributed by atoms with Gasteiger partial charge in [-0.05, 0) is 25.0 Å². The Morgan fingerprint density at radius 1 is 1.39 bits per heavy atom. The van der Waals surface area contributed by atoms with Gasteiger partial charge in [-0.25, -0.2) is 0 Å². The van der Waals surface area contributed by atoms with Crippen LogP contribution in [0.15, 0.2) is 33.8 Å². The van der Waals surface area contributed by atoms with Gasteiger partial charge in [0.05, 0.1) is 6.54 Å². The van der Waals surface area contributed by atoms with E-state index in [1.165, 1.54) is 25.7 Å². The Balaban J connectivity index is 1.53. The van der Waals surface area contributed by atoms with E-state index in [2.05, 4.69) is 20.4 Å². The third-order valence-corrected chi connectivity index (χ3v) is 4.10. The number of hydrogen-bond donors (Lipinski definition) is 2. The molecule has 0 bridgehead atoms. The number of hydrogen-bond acceptors (Lipinski definition) is 4. The van der Waals surface area contributed by atoms with Gasteiger partial charge >= 0.3 is 0 Å². The van der Waals surface area contributed by atoms with Crippen LogP contribution in [0.2, 0.25) is 5.02 Å². The average molecular weight is 334 g/mol. The molecule has 0 atom stereocenters. The number of guanidine groups is 1. The molecule has 6 nitrogen and oxygen atoms in total. The summed E-state index contributed by atoms with van der Waals surface area (Å²) in [7, 11) is 0. The van der Waals surface area contributed by atoms with Crippen LogP contribution in [-0.2, 0) is 6.42 Å². The molecule has 1 aliphatic rings. The Labute approximate surface area is 140 Å². The lowest BCUT2D eigenvalue weighted by Gasteiger charge is -2.11. The third-order valence-electron chi connectivity index (χ3n) is 3.87. The van der Waals surface area contributed by atoms with E-state index in [4.69, 9.17) is 21.9 Å². The van der Waals surface area contributed by atoms with Crippen LogP contribution in [0.4, 0.5) is 0 Å². The van der Waals surface area contributed by atoms with E-state index in [0.717, 1.165) is 5.56 Å². The molecule has 1 aromatic carbocycles. The Morgan fingerprint density at radius 3 is 3.00 bits per heavy atom. The van der Waals surface area contributed by atoms with Crippen LogP contribution >= 0.6 is 11.6 Å². The minimum absolute atomic E-state index is 0.469. The molecule has 1 fully saturated rings. The number of rotatable bonds is 5. The van der Waals surface area contributed by atoms with Crippen molar-refractivity contribution in [1.82, 2.24) is 15.5 Å². The van der Waals surface area contributed by atoms with E-state index < -0.39 is 0 Å². The molecular formula is C16H20ClN5O. The number of nitrogens with two attached hydrogens (primary N) is 1. The van der Waals surface area contributed by atoms with Gasteiger partial charge in [-0.1, -0.05) is 41.7 Å². The summed E-state index contributed by atoms with van der Waals surface area (Å²) in [6.07, 6.45) is 5.42. The average Bonchev–Trinajstić information content (AvgIpc) is 3.19. The first-order valence-corrected chi connectivity index (χ1v) is 8.23. The summed E-state index contributed by atoms with van der Waals surface area (Å²) in [5, 5.41) is 7.86. The van der Waals surface area contributed by atoms with E-state index in [0.29, 0.717) is 41.7 Å². The maximum atomic E-state index is 5.96. The van der Waals surface area contributed by atoms with Gasteiger partial charge in [-0.2, -0.15) is 4.98 Å². The fraction of sp³-hybridized carbons (Fsp3) is 0.438. The van der Waals surface area contributed by atoms with Crippen molar-refractivity contribution in [3.63, 3.8) is 0 Å². The van der Waals surface area contributed by atoms with Crippen molar-refractivity contribution < 1.29 is 4.52 Å². The molecule has 7 heteroatoms. The van der Waals surface area contributed by atoms with Gasteiger partial charge < -0.3 is 15.6 Å². The normalized spacial score (nSPS) is 16.0. The predicted molar refractivity (Wildman–Crippen MR) is 90.3 cm³/mol. The zero-order valence-electron chi connectivity index (χ0n) is 12.8. The minimum atomic E-state index is 0.469. The Bertz CT molecular complexity index is 679. The van der Waals surface area contributed by atoms with Gasteiger partial charge in [-0.15, -0.1) is 0 Å². The molecule has 0 saturated heterocycles. The Kier molecular flexibility index (Phi) is 5.12. The van der Waals surface area contributed by atoms with E-state index in [1.54, 1.807) is 12.1 Å². The van der Waals surface area contributed by atoms with Crippen LogP contribution in [-0.4, -0.2) is 28.7 Å². The number of halogens is 1. The maximum absolute atomic E-state index is 5.96. The summed E-state index contributed by atoms with van der Waals surface area (Å²) in [6.45, 7) is 0.517. The lowest BCUT2D eigenvalue weighted by atomic mass is 10.2. The van der Waals surface area contributed by atoms with Crippen LogP contribution in [0.25, 0.3) is 11.4 Å². The monoisotopic (exact) mass is 333 g/mol. The molecule has 3 N–H and O–H groups in total. The van der Waals surface area contributed by atoms with Crippen LogP contribution in [0.3, 0.4) is 0 Å². The zero-order valence-corrected chi connectivity index (χ0v) is 13.6. The van der Waals surface area contributed by atoms with Crippen LogP contribution in [0.1, 0.15) is 31.6 Å². The van der Waals surface area contributed by atoms with Crippen molar-refractivity contribution in [1.29, 1.82) is 0 Å². The second-order valence-electron chi connectivity index (χ2n) is 5.66. The zero-order chi connectivity index (χ0) is 16.1. The fourth-order valence-corrected chi connectivity index (χ4v) is 2.89. The quantitative estimate of drug-likeness (QED) is 0.648. The highest BCUT2D eigenvalue weighted by atomic mass is 35.5. The third kappa shape index (κ3) is 4.45. The van der Waals surface area contributed by atoms with Gasteiger partial charge in [0.2, 0.25) is 11.7 Å². The van der Waals surface area contributed by atoms with Crippen molar-refractivity contribution in [2.45, 2.75) is 38.1 Å². The molecule has 0 aliphatic heterocycles.